The summed E-state index contributed by atoms with van der Waals surface area (Å²) in [6, 6.07) is 0. The van der Waals surface area contributed by atoms with E-state index in [9.17, 15) is 9.59 Å². The highest BCUT2D eigenvalue weighted by Crippen LogP contribution is 1.88. The predicted octanol–water partition coefficient (Wildman–Crippen LogP) is -5.43. The summed E-state index contributed by atoms with van der Waals surface area (Å²) in [5.41, 5.74) is 0. The second kappa shape index (κ2) is 10.7. The number of Topliss-reactive ketones (excluding diaryl/α,β-unsaturated/α-hetero) is 2. The summed E-state index contributed by atoms with van der Waals surface area (Å²) in [6.07, 6.45) is 0. The number of carbonyl (C=O) groups excluding carboxylic acids is 2. The van der Waals surface area contributed by atoms with Gasteiger partial charge in [0.1, 0.15) is 13.1 Å². The number of halogens is 2. The van der Waals surface area contributed by atoms with Gasteiger partial charge in [-0.05, 0) is 0 Å². The van der Waals surface area contributed by atoms with E-state index in [0.717, 1.165) is 8.97 Å². The van der Waals surface area contributed by atoms with Crippen LogP contribution in [0.15, 0.2) is 0 Å². The molecule has 0 aliphatic heterocycles. The summed E-state index contributed by atoms with van der Waals surface area (Å²) < 4.78 is 1.46. The lowest BCUT2D eigenvalue weighted by atomic mass is 10.4. The second-order valence-corrected chi connectivity index (χ2v) is 6.30. The van der Waals surface area contributed by atoms with Gasteiger partial charge in [-0.25, -0.2) is 0 Å². The SMILES string of the molecule is CC(=O)C[N+](C)(C)C.CC(=O)C[N+](C)(C)C.[Cl-].[Cl-]. The Labute approximate surface area is 124 Å². The first-order valence-electron chi connectivity index (χ1n) is 5.43. The molecule has 18 heavy (non-hydrogen) atoms. The van der Waals surface area contributed by atoms with Gasteiger partial charge in [0.2, 0.25) is 0 Å². The van der Waals surface area contributed by atoms with Crippen molar-refractivity contribution >= 4 is 11.6 Å². The van der Waals surface area contributed by atoms with Gasteiger partial charge in [-0.3, -0.25) is 9.59 Å². The van der Waals surface area contributed by atoms with Crippen molar-refractivity contribution in [3.8, 4) is 0 Å². The maximum atomic E-state index is 10.4. The molecule has 6 heteroatoms. The Morgan fingerprint density at radius 2 is 0.833 bits per heavy atom. The van der Waals surface area contributed by atoms with Crippen LogP contribution in [0.5, 0.6) is 0 Å². The van der Waals surface area contributed by atoms with E-state index in [0.29, 0.717) is 13.1 Å². The number of quaternary nitrogens is 2. The third-order valence-electron chi connectivity index (χ3n) is 1.39. The summed E-state index contributed by atoms with van der Waals surface area (Å²) in [5.74, 6) is 0.495. The van der Waals surface area contributed by atoms with Crippen LogP contribution >= 0.6 is 0 Å². The quantitative estimate of drug-likeness (QED) is 0.486. The molecule has 0 aliphatic rings. The summed E-state index contributed by atoms with van der Waals surface area (Å²) in [5, 5.41) is 0. The number of rotatable bonds is 4. The number of hydrogen-bond acceptors (Lipinski definition) is 2. The van der Waals surface area contributed by atoms with Crippen LogP contribution in [0.3, 0.4) is 0 Å². The zero-order chi connectivity index (χ0) is 13.6. The molecule has 0 aromatic carbocycles. The molecule has 0 fully saturated rings. The minimum atomic E-state index is 0. The van der Waals surface area contributed by atoms with Crippen molar-refractivity contribution in [1.82, 2.24) is 0 Å². The van der Waals surface area contributed by atoms with Crippen molar-refractivity contribution in [3.63, 3.8) is 0 Å². The number of likely N-dealkylation sites (N-methyl/N-ethyl adjacent to an activating group) is 2. The summed E-state index contributed by atoms with van der Waals surface area (Å²) >= 11 is 0. The monoisotopic (exact) mass is 302 g/mol. The van der Waals surface area contributed by atoms with Gasteiger partial charge < -0.3 is 33.8 Å². The van der Waals surface area contributed by atoms with Crippen LogP contribution in [0.1, 0.15) is 13.8 Å². The zero-order valence-electron chi connectivity index (χ0n) is 12.9. The molecule has 0 spiro atoms. The van der Waals surface area contributed by atoms with Gasteiger partial charge in [-0.1, -0.05) is 0 Å². The van der Waals surface area contributed by atoms with E-state index in [1.807, 2.05) is 42.3 Å². The maximum Gasteiger partial charge on any atom is 0.183 e. The molecule has 0 saturated carbocycles. The highest BCUT2D eigenvalue weighted by atomic mass is 35.5. The molecule has 0 aromatic rings. The van der Waals surface area contributed by atoms with E-state index in [1.165, 1.54) is 0 Å². The van der Waals surface area contributed by atoms with Gasteiger partial charge in [0.15, 0.2) is 11.6 Å². The summed E-state index contributed by atoms with van der Waals surface area (Å²) in [6.45, 7) is 4.48. The first kappa shape index (κ1) is 26.4. The molecule has 0 aliphatic carbocycles. The Balaban J connectivity index is -0.0000000980. The van der Waals surface area contributed by atoms with Crippen molar-refractivity contribution < 1.29 is 43.4 Å². The van der Waals surface area contributed by atoms with Gasteiger partial charge in [0, 0.05) is 13.8 Å². The Hall–Kier alpha value is -0.160. The molecule has 0 radical (unpaired) electrons. The van der Waals surface area contributed by atoms with E-state index < -0.39 is 0 Å². The first-order chi connectivity index (χ1) is 6.83. The van der Waals surface area contributed by atoms with E-state index in [1.54, 1.807) is 13.8 Å². The minimum absolute atomic E-state index is 0. The van der Waals surface area contributed by atoms with Crippen molar-refractivity contribution in [2.75, 3.05) is 55.4 Å². The third kappa shape index (κ3) is 36.0. The van der Waals surface area contributed by atoms with Crippen LogP contribution in [0.25, 0.3) is 0 Å². The lowest BCUT2D eigenvalue weighted by Crippen LogP contribution is -3.00. The van der Waals surface area contributed by atoms with Crippen molar-refractivity contribution in [1.29, 1.82) is 0 Å². The lowest BCUT2D eigenvalue weighted by Gasteiger charge is -2.21. The number of nitrogens with zero attached hydrogens (tertiary/aromatic N) is 2. The molecule has 0 amide bonds. The van der Waals surface area contributed by atoms with Gasteiger partial charge in [0.25, 0.3) is 0 Å². The fourth-order valence-electron chi connectivity index (χ4n) is 1.34. The fraction of sp³-hybridized carbons (Fsp3) is 0.833. The van der Waals surface area contributed by atoms with E-state index >= 15 is 0 Å². The highest BCUT2D eigenvalue weighted by molar-refractivity contribution is 5.76. The van der Waals surface area contributed by atoms with Crippen molar-refractivity contribution in [2.24, 2.45) is 0 Å². The molecule has 0 heterocycles. The molecule has 0 aromatic heterocycles. The van der Waals surface area contributed by atoms with E-state index in [2.05, 4.69) is 0 Å². The third-order valence-corrected chi connectivity index (χ3v) is 1.39. The molecule has 0 N–H and O–H groups in total. The number of carbonyl (C=O) groups is 2. The fourth-order valence-corrected chi connectivity index (χ4v) is 1.34. The molecule has 0 unspecified atom stereocenters. The minimum Gasteiger partial charge on any atom is -1.00 e. The Bertz CT molecular complexity index is 217. The largest absolute Gasteiger partial charge is 1.00 e. The van der Waals surface area contributed by atoms with Crippen LogP contribution in [-0.2, 0) is 9.59 Å². The van der Waals surface area contributed by atoms with Crippen LogP contribution in [-0.4, -0.2) is 75.9 Å². The molecular weight excluding hydrogens is 275 g/mol. The van der Waals surface area contributed by atoms with Crippen LogP contribution < -0.4 is 24.8 Å². The summed E-state index contributed by atoms with van der Waals surface area (Å²) in [4.78, 5) is 20.9. The van der Waals surface area contributed by atoms with E-state index in [-0.39, 0.29) is 36.4 Å². The van der Waals surface area contributed by atoms with Gasteiger partial charge in [0.05, 0.1) is 42.3 Å². The molecule has 0 atom stereocenters. The summed E-state index contributed by atoms with van der Waals surface area (Å²) in [7, 11) is 12.0. The Morgan fingerprint density at radius 3 is 0.833 bits per heavy atom. The van der Waals surface area contributed by atoms with Gasteiger partial charge >= 0.3 is 0 Å². The maximum absolute atomic E-state index is 10.4. The standard InChI is InChI=1S/2C6H14NO.2ClH/c2*1-6(8)5-7(2,3)4;;/h2*5H2,1-4H3;2*1H/q2*+1;;/p-2. The average Bonchev–Trinajstić information content (AvgIpc) is 1.72. The van der Waals surface area contributed by atoms with Crippen LogP contribution in [0.4, 0.5) is 0 Å². The van der Waals surface area contributed by atoms with Crippen LogP contribution in [0, 0.1) is 0 Å². The molecule has 4 nitrogen and oxygen atoms in total. The topological polar surface area (TPSA) is 34.1 Å². The Morgan fingerprint density at radius 1 is 0.667 bits per heavy atom. The molecule has 0 rings (SSSR count). The first-order valence-corrected chi connectivity index (χ1v) is 5.43. The molecule has 0 saturated heterocycles. The second-order valence-electron chi connectivity index (χ2n) is 6.30. The van der Waals surface area contributed by atoms with Crippen LogP contribution in [0.2, 0.25) is 0 Å². The number of ketones is 2. The normalized spacial score (nSPS) is 10.2. The van der Waals surface area contributed by atoms with Crippen molar-refractivity contribution in [2.45, 2.75) is 13.8 Å². The smallest absolute Gasteiger partial charge is 0.183 e. The molecule has 112 valence electrons. The lowest BCUT2D eigenvalue weighted by molar-refractivity contribution is -0.862. The van der Waals surface area contributed by atoms with E-state index in [4.69, 9.17) is 0 Å². The Kier molecular flexibility index (Phi) is 15.8. The predicted molar refractivity (Wildman–Crippen MR) is 67.2 cm³/mol. The molecular formula is C12H28Cl2N2O2. The highest BCUT2D eigenvalue weighted by Gasteiger charge is 2.09. The molecule has 0 bridgehead atoms. The average molecular weight is 303 g/mol. The number of hydrogen-bond donors (Lipinski definition) is 0. The van der Waals surface area contributed by atoms with Gasteiger partial charge in [-0.15, -0.1) is 0 Å². The zero-order valence-corrected chi connectivity index (χ0v) is 14.4. The van der Waals surface area contributed by atoms with Gasteiger partial charge in [-0.2, -0.15) is 0 Å². The van der Waals surface area contributed by atoms with Crippen molar-refractivity contribution in [3.05, 3.63) is 0 Å².